The van der Waals surface area contributed by atoms with E-state index in [9.17, 15) is 4.79 Å². The van der Waals surface area contributed by atoms with Crippen molar-refractivity contribution in [3.8, 4) is 0 Å². The number of nitrogens with zero attached hydrogens (tertiary/aromatic N) is 1. The third-order valence-corrected chi connectivity index (χ3v) is 2.32. The van der Waals surface area contributed by atoms with Crippen molar-refractivity contribution in [3.63, 3.8) is 0 Å². The highest BCUT2D eigenvalue weighted by Gasteiger charge is 2.11. The van der Waals surface area contributed by atoms with Gasteiger partial charge in [0.25, 0.3) is 0 Å². The molecule has 0 radical (unpaired) electrons. The summed E-state index contributed by atoms with van der Waals surface area (Å²) in [6, 6.07) is 1.55. The zero-order chi connectivity index (χ0) is 14.1. The lowest BCUT2D eigenvalue weighted by atomic mass is 10.2. The molecule has 0 unspecified atom stereocenters. The van der Waals surface area contributed by atoms with Crippen LogP contribution in [-0.4, -0.2) is 51.5 Å². The lowest BCUT2D eigenvalue weighted by Crippen LogP contribution is -2.14. The molecular formula is C12H19N3O4. The molecule has 7 nitrogen and oxygen atoms in total. The summed E-state index contributed by atoms with van der Waals surface area (Å²) in [4.78, 5) is 15.5. The molecule has 1 rings (SSSR count). The molecule has 0 aliphatic heterocycles. The molecule has 0 aliphatic rings. The second-order valence-electron chi connectivity index (χ2n) is 3.68. The number of ether oxygens (including phenoxy) is 3. The minimum absolute atomic E-state index is 0.286. The van der Waals surface area contributed by atoms with E-state index in [1.807, 2.05) is 0 Å². The molecule has 1 aromatic heterocycles. The van der Waals surface area contributed by atoms with E-state index in [0.717, 1.165) is 0 Å². The minimum Gasteiger partial charge on any atom is -0.465 e. The molecule has 7 heteroatoms. The Morgan fingerprint density at radius 2 is 2.16 bits per heavy atom. The standard InChI is InChI=1S/C12H19N3O4/c1-17-5-6-19-4-3-14-11-7-9(12(16)18-2)10(13)8-15-11/h7-8H,3-6,13H2,1-2H3,(H,14,15). The number of nitrogens with one attached hydrogen (secondary N) is 1. The third-order valence-electron chi connectivity index (χ3n) is 2.32. The number of nitrogens with two attached hydrogens (primary N) is 1. The molecule has 0 atom stereocenters. The molecule has 0 fully saturated rings. The van der Waals surface area contributed by atoms with Crippen LogP contribution in [0.2, 0.25) is 0 Å². The number of pyridine rings is 1. The Kier molecular flexibility index (Phi) is 6.62. The lowest BCUT2D eigenvalue weighted by molar-refractivity contribution is 0.0602. The normalized spacial score (nSPS) is 10.2. The summed E-state index contributed by atoms with van der Waals surface area (Å²) in [6.45, 7) is 2.19. The second kappa shape index (κ2) is 8.28. The van der Waals surface area contributed by atoms with Gasteiger partial charge in [-0.3, -0.25) is 0 Å². The maximum atomic E-state index is 11.4. The molecule has 0 bridgehead atoms. The molecule has 1 heterocycles. The lowest BCUT2D eigenvalue weighted by Gasteiger charge is -2.09. The van der Waals surface area contributed by atoms with Gasteiger partial charge in [-0.1, -0.05) is 0 Å². The van der Waals surface area contributed by atoms with Crippen molar-refractivity contribution in [2.45, 2.75) is 0 Å². The number of esters is 1. The number of rotatable bonds is 8. The number of aromatic nitrogens is 1. The summed E-state index contributed by atoms with van der Waals surface area (Å²) in [7, 11) is 2.92. The maximum Gasteiger partial charge on any atom is 0.340 e. The number of anilines is 2. The van der Waals surface area contributed by atoms with Crippen LogP contribution in [0.4, 0.5) is 11.5 Å². The maximum absolute atomic E-state index is 11.4. The molecule has 0 aromatic carbocycles. The number of methoxy groups -OCH3 is 2. The van der Waals surface area contributed by atoms with E-state index < -0.39 is 5.97 Å². The monoisotopic (exact) mass is 269 g/mol. The Morgan fingerprint density at radius 1 is 1.37 bits per heavy atom. The van der Waals surface area contributed by atoms with Crippen LogP contribution < -0.4 is 11.1 Å². The van der Waals surface area contributed by atoms with E-state index in [4.69, 9.17) is 15.2 Å². The van der Waals surface area contributed by atoms with E-state index in [1.165, 1.54) is 13.3 Å². The Bertz CT molecular complexity index is 412. The van der Waals surface area contributed by atoms with Crippen molar-refractivity contribution in [3.05, 3.63) is 17.8 Å². The van der Waals surface area contributed by atoms with Gasteiger partial charge in [0, 0.05) is 13.7 Å². The molecule has 0 spiro atoms. The Morgan fingerprint density at radius 3 is 2.84 bits per heavy atom. The van der Waals surface area contributed by atoms with Gasteiger partial charge in [-0.15, -0.1) is 0 Å². The number of hydrogen-bond donors (Lipinski definition) is 2. The van der Waals surface area contributed by atoms with Crippen molar-refractivity contribution >= 4 is 17.5 Å². The Labute approximate surface area is 112 Å². The van der Waals surface area contributed by atoms with Crippen LogP contribution in [0, 0.1) is 0 Å². The van der Waals surface area contributed by atoms with Gasteiger partial charge in [-0.25, -0.2) is 9.78 Å². The number of hydrogen-bond acceptors (Lipinski definition) is 7. The molecule has 0 amide bonds. The van der Waals surface area contributed by atoms with Crippen molar-refractivity contribution in [1.82, 2.24) is 4.98 Å². The molecule has 0 saturated carbocycles. The van der Waals surface area contributed by atoms with Crippen LogP contribution in [0.5, 0.6) is 0 Å². The van der Waals surface area contributed by atoms with E-state index in [1.54, 1.807) is 13.2 Å². The van der Waals surface area contributed by atoms with Crippen molar-refractivity contribution < 1.29 is 19.0 Å². The van der Waals surface area contributed by atoms with Gasteiger partial charge < -0.3 is 25.3 Å². The van der Waals surface area contributed by atoms with E-state index in [0.29, 0.717) is 37.7 Å². The molecular weight excluding hydrogens is 250 g/mol. The van der Waals surface area contributed by atoms with E-state index in [-0.39, 0.29) is 5.69 Å². The second-order valence-corrected chi connectivity index (χ2v) is 3.68. The van der Waals surface area contributed by atoms with E-state index in [2.05, 4.69) is 15.0 Å². The molecule has 19 heavy (non-hydrogen) atoms. The van der Waals surface area contributed by atoms with Gasteiger partial charge in [-0.2, -0.15) is 0 Å². The highest BCUT2D eigenvalue weighted by molar-refractivity contribution is 5.95. The first-order valence-corrected chi connectivity index (χ1v) is 5.83. The zero-order valence-electron chi connectivity index (χ0n) is 11.1. The quantitative estimate of drug-likeness (QED) is 0.524. The van der Waals surface area contributed by atoms with Gasteiger partial charge >= 0.3 is 5.97 Å². The first-order valence-electron chi connectivity index (χ1n) is 5.83. The number of carbonyl (C=O) groups is 1. The first kappa shape index (κ1) is 15.2. The van der Waals surface area contributed by atoms with Gasteiger partial charge in [0.15, 0.2) is 0 Å². The Hall–Kier alpha value is -1.86. The summed E-state index contributed by atoms with van der Waals surface area (Å²) >= 11 is 0. The highest BCUT2D eigenvalue weighted by Crippen LogP contribution is 2.15. The van der Waals surface area contributed by atoms with Crippen LogP contribution in [0.1, 0.15) is 10.4 Å². The summed E-state index contributed by atoms with van der Waals surface area (Å²) < 4.78 is 14.8. The van der Waals surface area contributed by atoms with Crippen molar-refractivity contribution in [2.24, 2.45) is 0 Å². The van der Waals surface area contributed by atoms with Crippen LogP contribution in [0.15, 0.2) is 12.3 Å². The summed E-state index contributed by atoms with van der Waals surface area (Å²) in [5.74, 6) is 0.0595. The fourth-order valence-electron chi connectivity index (χ4n) is 1.34. The van der Waals surface area contributed by atoms with Gasteiger partial charge in [0.1, 0.15) is 5.82 Å². The topological polar surface area (TPSA) is 95.7 Å². The van der Waals surface area contributed by atoms with Crippen LogP contribution in [0.3, 0.4) is 0 Å². The highest BCUT2D eigenvalue weighted by atomic mass is 16.5. The molecule has 0 aliphatic carbocycles. The fraction of sp³-hybridized carbons (Fsp3) is 0.500. The smallest absolute Gasteiger partial charge is 0.340 e. The van der Waals surface area contributed by atoms with Gasteiger partial charge in [-0.05, 0) is 6.07 Å². The van der Waals surface area contributed by atoms with Gasteiger partial charge in [0.05, 0.1) is 44.4 Å². The van der Waals surface area contributed by atoms with Crippen molar-refractivity contribution in [1.29, 1.82) is 0 Å². The SMILES string of the molecule is COCCOCCNc1cc(C(=O)OC)c(N)cn1. The summed E-state index contributed by atoms with van der Waals surface area (Å²) in [5, 5.41) is 3.03. The molecule has 0 saturated heterocycles. The average molecular weight is 269 g/mol. The Balaban J connectivity index is 2.44. The summed E-state index contributed by atoms with van der Waals surface area (Å²) in [5.41, 5.74) is 6.22. The largest absolute Gasteiger partial charge is 0.465 e. The van der Waals surface area contributed by atoms with Gasteiger partial charge in [0.2, 0.25) is 0 Å². The predicted octanol–water partition coefficient (Wildman–Crippen LogP) is 0.525. The van der Waals surface area contributed by atoms with E-state index >= 15 is 0 Å². The summed E-state index contributed by atoms with van der Waals surface area (Å²) in [6.07, 6.45) is 1.42. The molecule has 1 aromatic rings. The average Bonchev–Trinajstić information content (AvgIpc) is 2.43. The fourth-order valence-corrected chi connectivity index (χ4v) is 1.34. The van der Waals surface area contributed by atoms with Crippen LogP contribution in [0.25, 0.3) is 0 Å². The zero-order valence-corrected chi connectivity index (χ0v) is 11.1. The first-order chi connectivity index (χ1) is 9.19. The van der Waals surface area contributed by atoms with Crippen molar-refractivity contribution in [2.75, 3.05) is 51.6 Å². The predicted molar refractivity (Wildman–Crippen MR) is 71.2 cm³/mol. The van der Waals surface area contributed by atoms with Crippen LogP contribution in [-0.2, 0) is 14.2 Å². The number of carbonyl (C=O) groups excluding carboxylic acids is 1. The minimum atomic E-state index is -0.487. The number of nitrogen functional groups attached to an aromatic ring is 1. The van der Waals surface area contributed by atoms with Crippen LogP contribution >= 0.6 is 0 Å². The third kappa shape index (κ3) is 5.11. The molecule has 3 N–H and O–H groups in total. The molecule has 106 valence electrons.